The molecule has 2 rings (SSSR count). The Morgan fingerprint density at radius 1 is 1.33 bits per heavy atom. The van der Waals surface area contributed by atoms with Crippen LogP contribution in [0, 0.1) is 12.7 Å². The highest BCUT2D eigenvalue weighted by Crippen LogP contribution is 2.25. The Morgan fingerprint density at radius 2 is 2.14 bits per heavy atom. The summed E-state index contributed by atoms with van der Waals surface area (Å²) in [6, 6.07) is 3.13. The molecule has 21 heavy (non-hydrogen) atoms. The lowest BCUT2D eigenvalue weighted by Gasteiger charge is -2.08. The number of nitrogens with two attached hydrogens (primary N) is 1. The number of aromatic nitrogens is 4. The van der Waals surface area contributed by atoms with Gasteiger partial charge in [0.05, 0.1) is 18.7 Å². The van der Waals surface area contributed by atoms with Crippen molar-refractivity contribution in [2.24, 2.45) is 0 Å². The molecule has 6 nitrogen and oxygen atoms in total. The molecule has 2 N–H and O–H groups in total. The molecular weight excluding hydrogens is 273 g/mol. The van der Waals surface area contributed by atoms with Gasteiger partial charge in [0.15, 0.2) is 5.82 Å². The molecule has 114 valence electrons. The number of hydrogen-bond donors (Lipinski definition) is 1. The normalized spacial score (nSPS) is 11.0. The van der Waals surface area contributed by atoms with Crippen LogP contribution in [0.1, 0.15) is 25.3 Å². The number of rotatable bonds is 7. The van der Waals surface area contributed by atoms with Crippen LogP contribution in [0.25, 0.3) is 11.4 Å². The largest absolute Gasteiger partial charge is 0.399 e. The second-order valence-corrected chi connectivity index (χ2v) is 4.89. The molecule has 0 bridgehead atoms. The summed E-state index contributed by atoms with van der Waals surface area (Å²) in [6.07, 6.45) is 2.11. The maximum atomic E-state index is 14.2. The summed E-state index contributed by atoms with van der Waals surface area (Å²) in [7, 11) is 0. The molecule has 0 aliphatic carbocycles. The second-order valence-electron chi connectivity index (χ2n) is 4.89. The number of halogens is 1. The molecule has 1 heterocycles. The van der Waals surface area contributed by atoms with Gasteiger partial charge in [0, 0.05) is 12.3 Å². The summed E-state index contributed by atoms with van der Waals surface area (Å²) in [5.41, 5.74) is 7.04. The summed E-state index contributed by atoms with van der Waals surface area (Å²) >= 11 is 0. The Hall–Kier alpha value is -2.02. The van der Waals surface area contributed by atoms with E-state index in [0.717, 1.165) is 12.8 Å². The minimum absolute atomic E-state index is 0.311. The number of hydrogen-bond acceptors (Lipinski definition) is 5. The van der Waals surface area contributed by atoms with Gasteiger partial charge in [-0.1, -0.05) is 13.3 Å². The number of anilines is 1. The fourth-order valence-corrected chi connectivity index (χ4v) is 2.01. The number of ether oxygens (including phenoxy) is 1. The maximum absolute atomic E-state index is 14.2. The van der Waals surface area contributed by atoms with E-state index in [-0.39, 0.29) is 5.82 Å². The van der Waals surface area contributed by atoms with Crippen LogP contribution in [0.4, 0.5) is 10.1 Å². The Kier molecular flexibility index (Phi) is 5.21. The van der Waals surface area contributed by atoms with Crippen molar-refractivity contribution in [1.82, 2.24) is 20.2 Å². The molecule has 0 radical (unpaired) electrons. The average molecular weight is 293 g/mol. The number of unbranched alkanes of at least 4 members (excludes halogenated alkanes) is 1. The van der Waals surface area contributed by atoms with Crippen molar-refractivity contribution >= 4 is 5.69 Å². The van der Waals surface area contributed by atoms with Gasteiger partial charge in [0.1, 0.15) is 5.82 Å². The van der Waals surface area contributed by atoms with E-state index < -0.39 is 0 Å². The monoisotopic (exact) mass is 293 g/mol. The average Bonchev–Trinajstić information content (AvgIpc) is 2.91. The van der Waals surface area contributed by atoms with Gasteiger partial charge in [-0.2, -0.15) is 0 Å². The van der Waals surface area contributed by atoms with Crippen LogP contribution >= 0.6 is 0 Å². The van der Waals surface area contributed by atoms with Crippen LogP contribution in [0.3, 0.4) is 0 Å². The number of nitrogen functional groups attached to an aromatic ring is 1. The first kappa shape index (κ1) is 15.4. The van der Waals surface area contributed by atoms with Crippen LogP contribution in [0.15, 0.2) is 12.1 Å². The molecule has 0 spiro atoms. The molecule has 1 aromatic carbocycles. The molecule has 0 saturated carbocycles. The smallest absolute Gasteiger partial charge is 0.185 e. The Labute approximate surface area is 123 Å². The molecular formula is C14H20FN5O. The molecule has 7 heteroatoms. The van der Waals surface area contributed by atoms with Crippen LogP contribution in [-0.4, -0.2) is 33.4 Å². The van der Waals surface area contributed by atoms with Gasteiger partial charge in [-0.15, -0.1) is 5.10 Å². The van der Waals surface area contributed by atoms with Crippen LogP contribution < -0.4 is 5.73 Å². The topological polar surface area (TPSA) is 78.8 Å². The Morgan fingerprint density at radius 3 is 2.90 bits per heavy atom. The number of benzene rings is 1. The van der Waals surface area contributed by atoms with Crippen molar-refractivity contribution in [3.8, 4) is 11.4 Å². The zero-order valence-electron chi connectivity index (χ0n) is 12.3. The Bertz CT molecular complexity index is 599. The first-order valence-electron chi connectivity index (χ1n) is 7.03. The molecule has 1 aromatic heterocycles. The lowest BCUT2D eigenvalue weighted by atomic mass is 10.1. The summed E-state index contributed by atoms with van der Waals surface area (Å²) in [6.45, 7) is 5.44. The minimum Gasteiger partial charge on any atom is -0.399 e. The van der Waals surface area contributed by atoms with Crippen LogP contribution in [0.5, 0.6) is 0 Å². The van der Waals surface area contributed by atoms with E-state index >= 15 is 0 Å². The van der Waals surface area contributed by atoms with Gasteiger partial charge in [-0.3, -0.25) is 0 Å². The molecule has 0 aliphatic heterocycles. The Balaban J connectivity index is 2.13. The van der Waals surface area contributed by atoms with Crippen LogP contribution in [0.2, 0.25) is 0 Å². The summed E-state index contributed by atoms with van der Waals surface area (Å²) in [5, 5.41) is 11.4. The van der Waals surface area contributed by atoms with Crippen molar-refractivity contribution in [2.45, 2.75) is 33.2 Å². The first-order valence-corrected chi connectivity index (χ1v) is 7.03. The number of nitrogens with zero attached hydrogens (tertiary/aromatic N) is 4. The van der Waals surface area contributed by atoms with E-state index in [4.69, 9.17) is 10.5 Å². The third-order valence-electron chi connectivity index (χ3n) is 3.14. The highest BCUT2D eigenvalue weighted by atomic mass is 19.1. The number of tetrazole rings is 1. The highest BCUT2D eigenvalue weighted by Gasteiger charge is 2.15. The molecule has 0 unspecified atom stereocenters. The standard InChI is InChI=1S/C14H20FN5O/c1-3-4-6-21-7-5-20-14(17-18-19-20)12-9-11(16)8-10(2)13(12)15/h8-9H,3-7,16H2,1-2H3. The van der Waals surface area contributed by atoms with Gasteiger partial charge in [0.2, 0.25) is 0 Å². The predicted octanol–water partition coefficient (Wildman–Crippen LogP) is 2.19. The summed E-state index contributed by atoms with van der Waals surface area (Å²) in [5.74, 6) is 0.00847. The van der Waals surface area contributed by atoms with Crippen molar-refractivity contribution < 1.29 is 9.13 Å². The van der Waals surface area contributed by atoms with E-state index in [1.165, 1.54) is 4.68 Å². The molecule has 0 fully saturated rings. The lowest BCUT2D eigenvalue weighted by Crippen LogP contribution is -2.10. The van der Waals surface area contributed by atoms with Gasteiger partial charge < -0.3 is 10.5 Å². The van der Waals surface area contributed by atoms with Gasteiger partial charge in [0.25, 0.3) is 0 Å². The summed E-state index contributed by atoms with van der Waals surface area (Å²) < 4.78 is 21.2. The van der Waals surface area contributed by atoms with Gasteiger partial charge in [-0.05, 0) is 41.5 Å². The van der Waals surface area contributed by atoms with E-state index in [0.29, 0.717) is 42.4 Å². The lowest BCUT2D eigenvalue weighted by molar-refractivity contribution is 0.121. The van der Waals surface area contributed by atoms with E-state index in [2.05, 4.69) is 22.4 Å². The van der Waals surface area contributed by atoms with Gasteiger partial charge >= 0.3 is 0 Å². The van der Waals surface area contributed by atoms with Crippen molar-refractivity contribution in [3.05, 3.63) is 23.5 Å². The predicted molar refractivity (Wildman–Crippen MR) is 78.1 cm³/mol. The molecule has 0 aliphatic rings. The quantitative estimate of drug-likeness (QED) is 0.625. The zero-order chi connectivity index (χ0) is 15.2. The van der Waals surface area contributed by atoms with E-state index in [9.17, 15) is 4.39 Å². The molecule has 0 atom stereocenters. The molecule has 2 aromatic rings. The van der Waals surface area contributed by atoms with Crippen LogP contribution in [-0.2, 0) is 11.3 Å². The third-order valence-corrected chi connectivity index (χ3v) is 3.14. The number of aryl methyl sites for hydroxylation is 1. The van der Waals surface area contributed by atoms with Crippen molar-refractivity contribution in [3.63, 3.8) is 0 Å². The summed E-state index contributed by atoms with van der Waals surface area (Å²) in [4.78, 5) is 0. The van der Waals surface area contributed by atoms with E-state index in [1.54, 1.807) is 19.1 Å². The maximum Gasteiger partial charge on any atom is 0.185 e. The van der Waals surface area contributed by atoms with Crippen molar-refractivity contribution in [2.75, 3.05) is 18.9 Å². The fourth-order valence-electron chi connectivity index (χ4n) is 2.01. The van der Waals surface area contributed by atoms with Crippen molar-refractivity contribution in [1.29, 1.82) is 0 Å². The minimum atomic E-state index is -0.354. The molecule has 0 amide bonds. The second kappa shape index (κ2) is 7.12. The van der Waals surface area contributed by atoms with Gasteiger partial charge in [-0.25, -0.2) is 9.07 Å². The highest BCUT2D eigenvalue weighted by molar-refractivity contribution is 5.63. The third kappa shape index (κ3) is 3.75. The SMILES string of the molecule is CCCCOCCn1nnnc1-c1cc(N)cc(C)c1F. The first-order chi connectivity index (χ1) is 10.1. The molecule has 0 saturated heterocycles. The van der Waals surface area contributed by atoms with E-state index in [1.807, 2.05) is 0 Å². The zero-order valence-corrected chi connectivity index (χ0v) is 12.3. The fraction of sp³-hybridized carbons (Fsp3) is 0.500.